The van der Waals surface area contributed by atoms with Crippen molar-refractivity contribution in [2.75, 3.05) is 23.7 Å². The van der Waals surface area contributed by atoms with Crippen LogP contribution in [0.5, 0.6) is 0 Å². The molecular weight excluding hydrogens is 344 g/mol. The second-order valence-corrected chi connectivity index (χ2v) is 5.74. The van der Waals surface area contributed by atoms with Gasteiger partial charge in [-0.25, -0.2) is 4.79 Å². The van der Waals surface area contributed by atoms with Gasteiger partial charge in [0.1, 0.15) is 5.84 Å². The summed E-state index contributed by atoms with van der Waals surface area (Å²) in [5.74, 6) is 0.871. The zero-order valence-electron chi connectivity index (χ0n) is 11.8. The van der Waals surface area contributed by atoms with E-state index >= 15 is 0 Å². The predicted molar refractivity (Wildman–Crippen MR) is 92.6 cm³/mol. The number of benzene rings is 2. The van der Waals surface area contributed by atoms with Crippen molar-refractivity contribution < 1.29 is 4.79 Å². The van der Waals surface area contributed by atoms with E-state index in [0.29, 0.717) is 0 Å². The summed E-state index contributed by atoms with van der Waals surface area (Å²) < 4.78 is 0.914. The third-order valence-corrected chi connectivity index (χ3v) is 3.64. The molecule has 0 unspecified atom stereocenters. The van der Waals surface area contributed by atoms with Crippen molar-refractivity contribution in [2.45, 2.75) is 0 Å². The van der Waals surface area contributed by atoms with Crippen LogP contribution in [0.4, 0.5) is 16.2 Å². The Morgan fingerprint density at radius 1 is 1.09 bits per heavy atom. The fraction of sp³-hybridized carbons (Fsp3) is 0.125. The second kappa shape index (κ2) is 6.62. The van der Waals surface area contributed by atoms with E-state index < -0.39 is 0 Å². The van der Waals surface area contributed by atoms with Gasteiger partial charge in [0.15, 0.2) is 0 Å². The SMILES string of the molecule is O=C(Nc1cccc(Br)c1)Nc1cccc(C2=NCCN2)c1. The van der Waals surface area contributed by atoms with Gasteiger partial charge in [0.2, 0.25) is 0 Å². The van der Waals surface area contributed by atoms with Gasteiger partial charge in [-0.1, -0.05) is 34.1 Å². The lowest BCUT2D eigenvalue weighted by Gasteiger charge is -2.09. The molecule has 1 aliphatic heterocycles. The van der Waals surface area contributed by atoms with E-state index in [1.54, 1.807) is 0 Å². The summed E-state index contributed by atoms with van der Waals surface area (Å²) in [4.78, 5) is 16.4. The van der Waals surface area contributed by atoms with E-state index in [-0.39, 0.29) is 6.03 Å². The van der Waals surface area contributed by atoms with Crippen LogP contribution in [0.3, 0.4) is 0 Å². The molecule has 0 radical (unpaired) electrons. The third kappa shape index (κ3) is 3.65. The van der Waals surface area contributed by atoms with Crippen molar-refractivity contribution in [1.29, 1.82) is 0 Å². The van der Waals surface area contributed by atoms with Gasteiger partial charge in [-0.05, 0) is 30.3 Å². The van der Waals surface area contributed by atoms with Crippen LogP contribution in [0.15, 0.2) is 58.0 Å². The van der Waals surface area contributed by atoms with Crippen LogP contribution in [0, 0.1) is 0 Å². The molecule has 1 aliphatic rings. The Kier molecular flexibility index (Phi) is 4.39. The van der Waals surface area contributed by atoms with E-state index in [9.17, 15) is 4.79 Å². The number of amides is 2. The van der Waals surface area contributed by atoms with E-state index in [1.807, 2.05) is 48.5 Å². The Labute approximate surface area is 137 Å². The van der Waals surface area contributed by atoms with Crippen molar-refractivity contribution >= 4 is 39.2 Å². The molecule has 0 aromatic heterocycles. The quantitative estimate of drug-likeness (QED) is 0.786. The number of nitrogens with one attached hydrogen (secondary N) is 3. The minimum Gasteiger partial charge on any atom is -0.368 e. The molecule has 3 N–H and O–H groups in total. The fourth-order valence-corrected chi connectivity index (χ4v) is 2.59. The molecule has 3 rings (SSSR count). The Bertz CT molecular complexity index is 730. The van der Waals surface area contributed by atoms with Crippen LogP contribution >= 0.6 is 15.9 Å². The average Bonchev–Trinajstić information content (AvgIpc) is 3.01. The predicted octanol–water partition coefficient (Wildman–Crippen LogP) is 3.44. The first kappa shape index (κ1) is 14.6. The summed E-state index contributed by atoms with van der Waals surface area (Å²) in [6.07, 6.45) is 0. The van der Waals surface area contributed by atoms with Crippen molar-refractivity contribution in [2.24, 2.45) is 4.99 Å². The van der Waals surface area contributed by atoms with Crippen molar-refractivity contribution in [3.8, 4) is 0 Å². The number of aliphatic imine (C=N–C) groups is 1. The highest BCUT2D eigenvalue weighted by molar-refractivity contribution is 9.10. The summed E-state index contributed by atoms with van der Waals surface area (Å²) in [5.41, 5.74) is 2.42. The van der Waals surface area contributed by atoms with E-state index in [0.717, 1.165) is 40.3 Å². The number of halogens is 1. The average molecular weight is 359 g/mol. The van der Waals surface area contributed by atoms with Gasteiger partial charge in [0, 0.05) is 28.0 Å². The molecule has 22 heavy (non-hydrogen) atoms. The molecule has 2 aromatic rings. The van der Waals surface area contributed by atoms with Crippen LogP contribution in [0.1, 0.15) is 5.56 Å². The highest BCUT2D eigenvalue weighted by atomic mass is 79.9. The first-order valence-corrected chi connectivity index (χ1v) is 7.72. The Morgan fingerprint density at radius 2 is 1.82 bits per heavy atom. The first-order valence-electron chi connectivity index (χ1n) is 6.93. The van der Waals surface area contributed by atoms with Crippen LogP contribution < -0.4 is 16.0 Å². The molecule has 0 spiro atoms. The smallest absolute Gasteiger partial charge is 0.323 e. The summed E-state index contributed by atoms with van der Waals surface area (Å²) >= 11 is 3.37. The van der Waals surface area contributed by atoms with Crippen LogP contribution in [-0.4, -0.2) is 25.0 Å². The van der Waals surface area contributed by atoms with Gasteiger partial charge in [-0.2, -0.15) is 0 Å². The molecule has 0 saturated carbocycles. The summed E-state index contributed by atoms with van der Waals surface area (Å²) in [6, 6.07) is 14.8. The molecule has 1 heterocycles. The Morgan fingerprint density at radius 3 is 2.50 bits per heavy atom. The maximum atomic E-state index is 12.0. The van der Waals surface area contributed by atoms with Gasteiger partial charge in [-0.3, -0.25) is 4.99 Å². The van der Waals surface area contributed by atoms with Crippen molar-refractivity contribution in [1.82, 2.24) is 5.32 Å². The molecule has 0 aliphatic carbocycles. The summed E-state index contributed by atoms with van der Waals surface area (Å²) in [7, 11) is 0. The number of carbonyl (C=O) groups is 1. The monoisotopic (exact) mass is 358 g/mol. The van der Waals surface area contributed by atoms with E-state index in [2.05, 4.69) is 36.9 Å². The van der Waals surface area contributed by atoms with Gasteiger partial charge in [0.05, 0.1) is 6.54 Å². The number of carbonyl (C=O) groups excluding carboxylic acids is 1. The molecule has 112 valence electrons. The normalized spacial score (nSPS) is 13.2. The zero-order valence-corrected chi connectivity index (χ0v) is 13.4. The summed E-state index contributed by atoms with van der Waals surface area (Å²) in [6.45, 7) is 1.65. The Balaban J connectivity index is 1.67. The molecule has 0 saturated heterocycles. The minimum absolute atomic E-state index is 0.281. The van der Waals surface area contributed by atoms with Crippen LogP contribution in [0.2, 0.25) is 0 Å². The number of hydrogen-bond donors (Lipinski definition) is 3. The topological polar surface area (TPSA) is 65.5 Å². The molecule has 2 amide bonds. The third-order valence-electron chi connectivity index (χ3n) is 3.15. The number of anilines is 2. The highest BCUT2D eigenvalue weighted by Gasteiger charge is 2.09. The zero-order chi connectivity index (χ0) is 15.4. The van der Waals surface area contributed by atoms with Crippen LogP contribution in [0.25, 0.3) is 0 Å². The number of nitrogens with zero attached hydrogens (tertiary/aromatic N) is 1. The molecule has 0 fully saturated rings. The van der Waals surface area contributed by atoms with Gasteiger partial charge in [-0.15, -0.1) is 0 Å². The number of urea groups is 1. The van der Waals surface area contributed by atoms with Gasteiger partial charge < -0.3 is 16.0 Å². The molecular formula is C16H15BrN4O. The number of amidine groups is 1. The van der Waals surface area contributed by atoms with E-state index in [4.69, 9.17) is 0 Å². The fourth-order valence-electron chi connectivity index (χ4n) is 2.20. The lowest BCUT2D eigenvalue weighted by Crippen LogP contribution is -2.21. The van der Waals surface area contributed by atoms with E-state index in [1.165, 1.54) is 0 Å². The first-order chi connectivity index (χ1) is 10.7. The van der Waals surface area contributed by atoms with Crippen LogP contribution in [-0.2, 0) is 0 Å². The van der Waals surface area contributed by atoms with Gasteiger partial charge >= 0.3 is 6.03 Å². The number of rotatable bonds is 3. The maximum Gasteiger partial charge on any atom is 0.323 e. The van der Waals surface area contributed by atoms with Crippen molar-refractivity contribution in [3.63, 3.8) is 0 Å². The standard InChI is InChI=1S/C16H15BrN4O/c17-12-4-2-6-14(10-12)21-16(22)20-13-5-1-3-11(9-13)15-18-7-8-19-15/h1-6,9-10H,7-8H2,(H,18,19)(H2,20,21,22). The molecule has 5 nitrogen and oxygen atoms in total. The molecule has 0 atom stereocenters. The largest absolute Gasteiger partial charge is 0.368 e. The molecule has 0 bridgehead atoms. The second-order valence-electron chi connectivity index (χ2n) is 4.83. The number of hydrogen-bond acceptors (Lipinski definition) is 3. The molecule has 6 heteroatoms. The lowest BCUT2D eigenvalue weighted by atomic mass is 10.2. The molecule has 2 aromatic carbocycles. The van der Waals surface area contributed by atoms with Crippen molar-refractivity contribution in [3.05, 3.63) is 58.6 Å². The van der Waals surface area contributed by atoms with Gasteiger partial charge in [0.25, 0.3) is 0 Å². The highest BCUT2D eigenvalue weighted by Crippen LogP contribution is 2.17. The minimum atomic E-state index is -0.281. The Hall–Kier alpha value is -2.34. The summed E-state index contributed by atoms with van der Waals surface area (Å²) in [5, 5.41) is 8.84. The lowest BCUT2D eigenvalue weighted by molar-refractivity contribution is 0.262. The maximum absolute atomic E-state index is 12.0.